The van der Waals surface area contributed by atoms with Crippen molar-refractivity contribution < 1.29 is 19.4 Å². The van der Waals surface area contributed by atoms with E-state index < -0.39 is 0 Å². The molecular formula is C18H21NO4. The molecule has 0 unspecified atom stereocenters. The number of phenols is 1. The van der Waals surface area contributed by atoms with Crippen molar-refractivity contribution in [2.75, 3.05) is 27.4 Å². The molecule has 1 N–H and O–H groups in total. The fourth-order valence-corrected chi connectivity index (χ4v) is 2.29. The Bertz CT molecular complexity index is 643. The maximum absolute atomic E-state index is 12.8. The van der Waals surface area contributed by atoms with Crippen LogP contribution in [0.5, 0.6) is 11.5 Å². The van der Waals surface area contributed by atoms with E-state index in [4.69, 9.17) is 9.47 Å². The predicted molar refractivity (Wildman–Crippen MR) is 87.7 cm³/mol. The van der Waals surface area contributed by atoms with E-state index >= 15 is 0 Å². The number of hydrogen-bond acceptors (Lipinski definition) is 4. The van der Waals surface area contributed by atoms with E-state index in [-0.39, 0.29) is 23.0 Å². The number of aromatic hydroxyl groups is 1. The van der Waals surface area contributed by atoms with Gasteiger partial charge < -0.3 is 19.5 Å². The molecule has 0 atom stereocenters. The van der Waals surface area contributed by atoms with Crippen LogP contribution >= 0.6 is 0 Å². The third-order valence-corrected chi connectivity index (χ3v) is 3.52. The van der Waals surface area contributed by atoms with Crippen molar-refractivity contribution in [3.63, 3.8) is 0 Å². The lowest BCUT2D eigenvalue weighted by atomic mass is 10.1. The molecule has 0 saturated heterocycles. The summed E-state index contributed by atoms with van der Waals surface area (Å²) in [6.45, 7) is 1.30. The highest BCUT2D eigenvalue weighted by atomic mass is 16.5. The first-order valence-corrected chi connectivity index (χ1v) is 7.35. The number of carbonyl (C=O) groups excluding carboxylic acids is 1. The Labute approximate surface area is 136 Å². The fourth-order valence-electron chi connectivity index (χ4n) is 2.29. The molecule has 2 aromatic carbocycles. The molecule has 0 fully saturated rings. The van der Waals surface area contributed by atoms with Gasteiger partial charge in [-0.1, -0.05) is 36.4 Å². The quantitative estimate of drug-likeness (QED) is 0.853. The molecule has 1 amide bonds. The topological polar surface area (TPSA) is 59.0 Å². The molecule has 2 rings (SSSR count). The molecule has 0 spiro atoms. The molecule has 122 valence electrons. The van der Waals surface area contributed by atoms with Crippen LogP contribution in [0.1, 0.15) is 15.9 Å². The van der Waals surface area contributed by atoms with Crippen LogP contribution in [-0.4, -0.2) is 43.3 Å². The Balaban J connectivity index is 2.26. The first-order valence-electron chi connectivity index (χ1n) is 7.35. The van der Waals surface area contributed by atoms with E-state index in [2.05, 4.69) is 0 Å². The molecule has 5 heteroatoms. The minimum atomic E-state index is -0.262. The van der Waals surface area contributed by atoms with E-state index in [0.717, 1.165) is 5.56 Å². The van der Waals surface area contributed by atoms with Gasteiger partial charge >= 0.3 is 0 Å². The van der Waals surface area contributed by atoms with Crippen molar-refractivity contribution in [3.8, 4) is 11.5 Å². The molecule has 5 nitrogen and oxygen atoms in total. The Morgan fingerprint density at radius 1 is 1.09 bits per heavy atom. The van der Waals surface area contributed by atoms with Crippen molar-refractivity contribution in [1.29, 1.82) is 0 Å². The monoisotopic (exact) mass is 315 g/mol. The van der Waals surface area contributed by atoms with Crippen LogP contribution in [0.3, 0.4) is 0 Å². The van der Waals surface area contributed by atoms with Crippen LogP contribution in [0.25, 0.3) is 0 Å². The highest BCUT2D eigenvalue weighted by molar-refractivity contribution is 5.97. The zero-order chi connectivity index (χ0) is 16.7. The Kier molecular flexibility index (Phi) is 6.00. The lowest BCUT2D eigenvalue weighted by molar-refractivity contribution is 0.0677. The average Bonchev–Trinajstić information content (AvgIpc) is 2.59. The van der Waals surface area contributed by atoms with E-state index in [9.17, 15) is 9.90 Å². The molecule has 0 aromatic heterocycles. The largest absolute Gasteiger partial charge is 0.504 e. The van der Waals surface area contributed by atoms with Crippen molar-refractivity contribution in [1.82, 2.24) is 4.90 Å². The van der Waals surface area contributed by atoms with Gasteiger partial charge in [0, 0.05) is 20.2 Å². The van der Waals surface area contributed by atoms with Gasteiger partial charge in [-0.15, -0.1) is 0 Å². The maximum atomic E-state index is 12.8. The number of nitrogens with zero attached hydrogens (tertiary/aromatic N) is 1. The van der Waals surface area contributed by atoms with Crippen molar-refractivity contribution in [2.45, 2.75) is 6.54 Å². The maximum Gasteiger partial charge on any atom is 0.258 e. The minimum Gasteiger partial charge on any atom is -0.504 e. The minimum absolute atomic E-state index is 0.143. The van der Waals surface area contributed by atoms with Crippen LogP contribution in [0.15, 0.2) is 48.5 Å². The number of para-hydroxylation sites is 1. The molecule has 0 saturated carbocycles. The average molecular weight is 315 g/mol. The van der Waals surface area contributed by atoms with Gasteiger partial charge in [0.2, 0.25) is 0 Å². The summed E-state index contributed by atoms with van der Waals surface area (Å²) in [4.78, 5) is 14.4. The lowest BCUT2D eigenvalue weighted by Crippen LogP contribution is -2.33. The van der Waals surface area contributed by atoms with E-state index in [0.29, 0.717) is 19.7 Å². The molecule has 23 heavy (non-hydrogen) atoms. The van der Waals surface area contributed by atoms with E-state index in [1.807, 2.05) is 30.3 Å². The zero-order valence-electron chi connectivity index (χ0n) is 13.4. The van der Waals surface area contributed by atoms with Crippen molar-refractivity contribution in [3.05, 3.63) is 59.7 Å². The molecule has 0 aliphatic rings. The summed E-state index contributed by atoms with van der Waals surface area (Å²) in [5.74, 6) is -0.125. The van der Waals surface area contributed by atoms with Crippen LogP contribution in [-0.2, 0) is 11.3 Å². The number of methoxy groups -OCH3 is 2. The number of rotatable bonds is 7. The second kappa shape index (κ2) is 8.19. The smallest absolute Gasteiger partial charge is 0.258 e. The number of amides is 1. The summed E-state index contributed by atoms with van der Waals surface area (Å²) in [6.07, 6.45) is 0. The standard InChI is InChI=1S/C18H21NO4/c1-22-12-11-19(13-14-7-4-3-5-8-14)18(21)15-9-6-10-16(23-2)17(15)20/h3-10,20H,11-13H2,1-2H3. The molecule has 0 heterocycles. The molecular weight excluding hydrogens is 294 g/mol. The Morgan fingerprint density at radius 3 is 2.48 bits per heavy atom. The highest BCUT2D eigenvalue weighted by Crippen LogP contribution is 2.30. The van der Waals surface area contributed by atoms with Gasteiger partial charge in [-0.25, -0.2) is 0 Å². The fraction of sp³-hybridized carbons (Fsp3) is 0.278. The summed E-state index contributed by atoms with van der Waals surface area (Å²) in [5, 5.41) is 10.2. The number of hydrogen-bond donors (Lipinski definition) is 1. The third-order valence-electron chi connectivity index (χ3n) is 3.52. The lowest BCUT2D eigenvalue weighted by Gasteiger charge is -2.23. The Hall–Kier alpha value is -2.53. The van der Waals surface area contributed by atoms with Gasteiger partial charge in [0.25, 0.3) is 5.91 Å². The zero-order valence-corrected chi connectivity index (χ0v) is 13.4. The summed E-state index contributed by atoms with van der Waals surface area (Å²) < 4.78 is 10.2. The summed E-state index contributed by atoms with van der Waals surface area (Å²) in [6, 6.07) is 14.6. The van der Waals surface area contributed by atoms with Crippen molar-refractivity contribution >= 4 is 5.91 Å². The molecule has 0 bridgehead atoms. The predicted octanol–water partition coefficient (Wildman–Crippen LogP) is 2.69. The summed E-state index contributed by atoms with van der Waals surface area (Å²) in [5.41, 5.74) is 1.23. The second-order valence-corrected chi connectivity index (χ2v) is 5.06. The van der Waals surface area contributed by atoms with Gasteiger partial charge in [-0.05, 0) is 17.7 Å². The van der Waals surface area contributed by atoms with Crippen LogP contribution < -0.4 is 4.74 Å². The molecule has 0 radical (unpaired) electrons. The number of phenolic OH excluding ortho intramolecular Hbond substituents is 1. The van der Waals surface area contributed by atoms with Crippen LogP contribution in [0.4, 0.5) is 0 Å². The summed E-state index contributed by atoms with van der Waals surface area (Å²) >= 11 is 0. The molecule has 0 aliphatic carbocycles. The number of carbonyl (C=O) groups is 1. The van der Waals surface area contributed by atoms with Gasteiger partial charge in [-0.3, -0.25) is 4.79 Å². The van der Waals surface area contributed by atoms with Gasteiger partial charge in [0.15, 0.2) is 11.5 Å². The SMILES string of the molecule is COCCN(Cc1ccccc1)C(=O)c1cccc(OC)c1O. The van der Waals surface area contributed by atoms with Gasteiger partial charge in [-0.2, -0.15) is 0 Å². The number of ether oxygens (including phenoxy) is 2. The normalized spacial score (nSPS) is 10.3. The second-order valence-electron chi connectivity index (χ2n) is 5.06. The Morgan fingerprint density at radius 2 is 1.83 bits per heavy atom. The van der Waals surface area contributed by atoms with E-state index in [1.54, 1.807) is 30.2 Å². The van der Waals surface area contributed by atoms with Gasteiger partial charge in [0.1, 0.15) is 0 Å². The first-order chi connectivity index (χ1) is 11.2. The first kappa shape index (κ1) is 16.8. The van der Waals surface area contributed by atoms with Crippen LogP contribution in [0, 0.1) is 0 Å². The summed E-state index contributed by atoms with van der Waals surface area (Å²) in [7, 11) is 3.05. The number of benzene rings is 2. The van der Waals surface area contributed by atoms with E-state index in [1.165, 1.54) is 7.11 Å². The van der Waals surface area contributed by atoms with Gasteiger partial charge in [0.05, 0.1) is 19.3 Å². The van der Waals surface area contributed by atoms with Crippen LogP contribution in [0.2, 0.25) is 0 Å². The molecule has 0 aliphatic heterocycles. The molecule has 2 aromatic rings. The van der Waals surface area contributed by atoms with Crippen molar-refractivity contribution in [2.24, 2.45) is 0 Å². The highest BCUT2D eigenvalue weighted by Gasteiger charge is 2.21. The third kappa shape index (κ3) is 4.23.